The molecule has 60 valence electrons. The van der Waals surface area contributed by atoms with Gasteiger partial charge in [-0.05, 0) is 62.2 Å². The van der Waals surface area contributed by atoms with Gasteiger partial charge in [-0.2, -0.15) is 0 Å². The minimum atomic E-state index is 0. The van der Waals surface area contributed by atoms with E-state index in [1.54, 1.807) is 38.5 Å². The average Bonchev–Trinajstić information content (AvgIpc) is 1.82. The molecule has 0 aliphatic heterocycles. The summed E-state index contributed by atoms with van der Waals surface area (Å²) in [5.74, 6) is 4.71. The van der Waals surface area contributed by atoms with Crippen molar-refractivity contribution in [2.24, 2.45) is 23.7 Å². The van der Waals surface area contributed by atoms with Crippen LogP contribution in [0.4, 0.5) is 0 Å². The zero-order chi connectivity index (χ0) is 6.55. The molecule has 0 radical (unpaired) electrons. The van der Waals surface area contributed by atoms with E-state index < -0.39 is 0 Å². The molecule has 0 heterocycles. The van der Waals surface area contributed by atoms with Crippen LogP contribution in [0, 0.1) is 23.7 Å². The van der Waals surface area contributed by atoms with Crippen LogP contribution in [0.3, 0.4) is 0 Å². The van der Waals surface area contributed by atoms with Crippen molar-refractivity contribution < 1.29 is 0 Å². The van der Waals surface area contributed by atoms with Crippen molar-refractivity contribution in [1.29, 1.82) is 0 Å². The van der Waals surface area contributed by atoms with E-state index in [1.807, 2.05) is 0 Å². The summed E-state index contributed by atoms with van der Waals surface area (Å²) in [6.45, 7) is 0. The van der Waals surface area contributed by atoms with Gasteiger partial charge in [0.2, 0.25) is 0 Å². The van der Waals surface area contributed by atoms with Crippen LogP contribution in [-0.2, 0) is 0 Å². The van der Waals surface area contributed by atoms with E-state index in [0.29, 0.717) is 0 Å². The van der Waals surface area contributed by atoms with Gasteiger partial charge < -0.3 is 0 Å². The predicted octanol–water partition coefficient (Wildman–Crippen LogP) is 1.92. The second kappa shape index (κ2) is 3.20. The summed E-state index contributed by atoms with van der Waals surface area (Å²) in [5, 5.41) is 0. The zero-order valence-electron chi connectivity index (χ0n) is 6.55. The summed E-state index contributed by atoms with van der Waals surface area (Å²) < 4.78 is 0. The fourth-order valence-electron chi connectivity index (χ4n) is 3.98. The van der Waals surface area contributed by atoms with Gasteiger partial charge >= 0.3 is 37.7 Å². The topological polar surface area (TPSA) is 0 Å². The van der Waals surface area contributed by atoms with Gasteiger partial charge in [-0.3, -0.25) is 0 Å². The summed E-state index contributed by atoms with van der Waals surface area (Å²) in [5.41, 5.74) is 0. The van der Waals surface area contributed by atoms with Crippen LogP contribution in [-0.4, -0.2) is 37.7 Å². The van der Waals surface area contributed by atoms with Crippen LogP contribution in [0.15, 0.2) is 0 Å². The van der Waals surface area contributed by atoms with E-state index in [0.717, 1.165) is 0 Å². The molecule has 0 aromatic heterocycles. The van der Waals surface area contributed by atoms with Crippen molar-refractivity contribution >= 4 is 37.7 Å². The van der Waals surface area contributed by atoms with Gasteiger partial charge in [0, 0.05) is 0 Å². The Morgan fingerprint density at radius 1 is 0.455 bits per heavy atom. The van der Waals surface area contributed by atoms with Gasteiger partial charge in [0.1, 0.15) is 0 Å². The van der Waals surface area contributed by atoms with Crippen molar-refractivity contribution in [3.63, 3.8) is 0 Å². The molecule has 0 atom stereocenters. The van der Waals surface area contributed by atoms with Gasteiger partial charge in [-0.25, -0.2) is 0 Å². The maximum atomic E-state index is 1.60. The summed E-state index contributed by atoms with van der Waals surface area (Å²) in [4.78, 5) is 0. The Morgan fingerprint density at radius 3 is 0.818 bits per heavy atom. The molecule has 4 aliphatic rings. The summed E-state index contributed by atoms with van der Waals surface area (Å²) in [6.07, 6.45) is 9.62. The van der Waals surface area contributed by atoms with Gasteiger partial charge in [0.25, 0.3) is 0 Å². The molecule has 4 saturated carbocycles. The third kappa shape index (κ3) is 1.51. The first-order chi connectivity index (χ1) is 4.90. The Hall–Kier alpha value is 1.26. The third-order valence-corrected chi connectivity index (χ3v) is 4.00. The van der Waals surface area contributed by atoms with Crippen molar-refractivity contribution in [1.82, 2.24) is 0 Å². The molecule has 4 bridgehead atoms. The second-order valence-electron chi connectivity index (χ2n) is 4.88. The first-order valence-electron chi connectivity index (χ1n) is 4.90. The molecule has 4 fully saturated rings. The Balaban J connectivity index is 0.000000480. The molecule has 0 amide bonds. The van der Waals surface area contributed by atoms with Crippen LogP contribution in [0.2, 0.25) is 0 Å². The van der Waals surface area contributed by atoms with Crippen LogP contribution < -0.4 is 0 Å². The van der Waals surface area contributed by atoms with E-state index in [1.165, 1.54) is 23.7 Å². The molecule has 0 aromatic rings. The van der Waals surface area contributed by atoms with E-state index in [9.17, 15) is 0 Å². The molecule has 0 saturated heterocycles. The molecular weight excluding hydrogens is 160 g/mol. The van der Waals surface area contributed by atoms with Crippen LogP contribution in [0.25, 0.3) is 0 Å². The SMILES string of the molecule is C1C2CC3CC1CC(C2)C3.[CaH2]. The average molecular weight is 178 g/mol. The Labute approximate surface area is 99.1 Å². The molecule has 4 aliphatic carbocycles. The molecular formula is C10H18Ca. The van der Waals surface area contributed by atoms with Crippen molar-refractivity contribution in [2.45, 2.75) is 38.5 Å². The van der Waals surface area contributed by atoms with E-state index in [-0.39, 0.29) is 37.7 Å². The molecule has 11 heavy (non-hydrogen) atoms. The molecule has 0 unspecified atom stereocenters. The Morgan fingerprint density at radius 2 is 0.636 bits per heavy atom. The van der Waals surface area contributed by atoms with Gasteiger partial charge in [0.15, 0.2) is 0 Å². The summed E-state index contributed by atoms with van der Waals surface area (Å²) in [7, 11) is 0. The van der Waals surface area contributed by atoms with E-state index >= 15 is 0 Å². The molecule has 0 spiro atoms. The first-order valence-corrected chi connectivity index (χ1v) is 4.90. The number of rotatable bonds is 0. The van der Waals surface area contributed by atoms with E-state index in [4.69, 9.17) is 0 Å². The normalized spacial score (nSPS) is 52.4. The number of hydrogen-bond donors (Lipinski definition) is 0. The van der Waals surface area contributed by atoms with Gasteiger partial charge in [0.05, 0.1) is 0 Å². The third-order valence-electron chi connectivity index (χ3n) is 4.00. The van der Waals surface area contributed by atoms with Crippen LogP contribution in [0.1, 0.15) is 38.5 Å². The van der Waals surface area contributed by atoms with Crippen LogP contribution >= 0.6 is 0 Å². The molecule has 0 N–H and O–H groups in total. The monoisotopic (exact) mass is 178 g/mol. The van der Waals surface area contributed by atoms with Gasteiger partial charge in [-0.1, -0.05) is 0 Å². The first kappa shape index (κ1) is 8.84. The molecule has 1 heteroatoms. The van der Waals surface area contributed by atoms with Crippen molar-refractivity contribution in [3.05, 3.63) is 0 Å². The van der Waals surface area contributed by atoms with Crippen LogP contribution in [0.5, 0.6) is 0 Å². The molecule has 4 rings (SSSR count). The molecule has 0 nitrogen and oxygen atoms in total. The van der Waals surface area contributed by atoms with Crippen molar-refractivity contribution in [3.8, 4) is 0 Å². The Bertz CT molecular complexity index is 96.4. The Kier molecular flexibility index (Phi) is 2.57. The molecule has 0 aromatic carbocycles. The standard InChI is InChI=1S/C10H16.Ca.2H/c1-7-2-9-4-8(1)5-10(3-7)6-9;;;/h7-10H,1-6H2;;;. The zero-order valence-corrected chi connectivity index (χ0v) is 6.55. The minimum absolute atomic E-state index is 0. The van der Waals surface area contributed by atoms with E-state index in [2.05, 4.69) is 0 Å². The number of hydrogen-bond acceptors (Lipinski definition) is 0. The fraction of sp³-hybridized carbons (Fsp3) is 1.00. The van der Waals surface area contributed by atoms with Crippen molar-refractivity contribution in [2.75, 3.05) is 0 Å². The summed E-state index contributed by atoms with van der Waals surface area (Å²) in [6, 6.07) is 0. The maximum absolute atomic E-state index is 1.60. The van der Waals surface area contributed by atoms with Gasteiger partial charge in [-0.15, -0.1) is 0 Å². The fourth-order valence-corrected chi connectivity index (χ4v) is 3.98. The quantitative estimate of drug-likeness (QED) is 0.497. The predicted molar refractivity (Wildman–Crippen MR) is 50.2 cm³/mol. The summed E-state index contributed by atoms with van der Waals surface area (Å²) >= 11 is 0. The second-order valence-corrected chi connectivity index (χ2v) is 4.88.